The molecule has 1 rings (SSSR count). The highest BCUT2D eigenvalue weighted by atomic mass is 79.9. The van der Waals surface area contributed by atoms with Crippen molar-refractivity contribution in [1.82, 2.24) is 4.57 Å². The van der Waals surface area contributed by atoms with Crippen LogP contribution in [0.5, 0.6) is 0 Å². The summed E-state index contributed by atoms with van der Waals surface area (Å²) in [5.41, 5.74) is 7.47. The van der Waals surface area contributed by atoms with Gasteiger partial charge in [-0.15, -0.1) is 0 Å². The third kappa shape index (κ3) is 1.95. The molecular formula is C11H17BrN2O. The summed E-state index contributed by atoms with van der Waals surface area (Å²) < 4.78 is 2.63. The van der Waals surface area contributed by atoms with Gasteiger partial charge < -0.3 is 10.3 Å². The van der Waals surface area contributed by atoms with Crippen LogP contribution in [0, 0.1) is 13.8 Å². The molecule has 0 aromatic carbocycles. The maximum atomic E-state index is 12.0. The Hall–Kier alpha value is -0.770. The monoisotopic (exact) mass is 272 g/mol. The molecule has 2 N–H and O–H groups in total. The van der Waals surface area contributed by atoms with E-state index in [9.17, 15) is 4.79 Å². The lowest BCUT2D eigenvalue weighted by Crippen LogP contribution is -2.37. The van der Waals surface area contributed by atoms with Crippen molar-refractivity contribution < 1.29 is 0 Å². The molecule has 0 aliphatic rings. The summed E-state index contributed by atoms with van der Waals surface area (Å²) in [6, 6.07) is 0. The van der Waals surface area contributed by atoms with Gasteiger partial charge in [-0.1, -0.05) is 0 Å². The Morgan fingerprint density at radius 3 is 2.13 bits per heavy atom. The van der Waals surface area contributed by atoms with Gasteiger partial charge in [-0.25, -0.2) is 0 Å². The molecule has 0 bridgehead atoms. The molecule has 15 heavy (non-hydrogen) atoms. The van der Waals surface area contributed by atoms with Crippen LogP contribution >= 0.6 is 15.9 Å². The van der Waals surface area contributed by atoms with Crippen LogP contribution in [-0.4, -0.2) is 4.57 Å². The highest BCUT2D eigenvalue weighted by molar-refractivity contribution is 9.10. The summed E-state index contributed by atoms with van der Waals surface area (Å²) in [6.45, 7) is 9.73. The number of halogens is 1. The van der Waals surface area contributed by atoms with Crippen molar-refractivity contribution in [2.24, 2.45) is 0 Å². The number of pyridine rings is 1. The molecule has 0 fully saturated rings. The van der Waals surface area contributed by atoms with Gasteiger partial charge in [-0.3, -0.25) is 4.79 Å². The number of nitrogens with two attached hydrogens (primary N) is 1. The fourth-order valence-corrected chi connectivity index (χ4v) is 2.12. The van der Waals surface area contributed by atoms with Crippen LogP contribution in [0.2, 0.25) is 0 Å². The number of hydrogen-bond acceptors (Lipinski definition) is 2. The van der Waals surface area contributed by atoms with Crippen LogP contribution in [0.3, 0.4) is 0 Å². The molecule has 0 aliphatic carbocycles. The molecule has 1 heterocycles. The van der Waals surface area contributed by atoms with Gasteiger partial charge in [0.15, 0.2) is 0 Å². The molecule has 1 aromatic rings. The van der Waals surface area contributed by atoms with Gasteiger partial charge >= 0.3 is 0 Å². The molecule has 3 nitrogen and oxygen atoms in total. The Kier molecular flexibility index (Phi) is 3.01. The van der Waals surface area contributed by atoms with Crippen molar-refractivity contribution in [3.8, 4) is 0 Å². The highest BCUT2D eigenvalue weighted by Gasteiger charge is 2.21. The van der Waals surface area contributed by atoms with Gasteiger partial charge in [0.05, 0.1) is 0 Å². The van der Waals surface area contributed by atoms with Crippen LogP contribution in [0.25, 0.3) is 0 Å². The van der Waals surface area contributed by atoms with E-state index in [0.717, 1.165) is 15.7 Å². The van der Waals surface area contributed by atoms with Crippen LogP contribution < -0.4 is 11.3 Å². The lowest BCUT2D eigenvalue weighted by molar-refractivity contribution is 0.375. The summed E-state index contributed by atoms with van der Waals surface area (Å²) in [4.78, 5) is 12.0. The normalized spacial score (nSPS) is 11.9. The molecule has 0 radical (unpaired) electrons. The van der Waals surface area contributed by atoms with Gasteiger partial charge in [-0.05, 0) is 56.1 Å². The van der Waals surface area contributed by atoms with Crippen LogP contribution in [0.4, 0.5) is 5.69 Å². The minimum atomic E-state index is -0.258. The highest BCUT2D eigenvalue weighted by Crippen LogP contribution is 2.26. The van der Waals surface area contributed by atoms with Crippen LogP contribution in [0.1, 0.15) is 32.0 Å². The van der Waals surface area contributed by atoms with Crippen molar-refractivity contribution in [1.29, 1.82) is 0 Å². The van der Waals surface area contributed by atoms with Gasteiger partial charge in [0.2, 0.25) is 0 Å². The molecule has 0 saturated heterocycles. The van der Waals surface area contributed by atoms with Gasteiger partial charge in [0, 0.05) is 15.7 Å². The van der Waals surface area contributed by atoms with Crippen molar-refractivity contribution in [3.05, 3.63) is 26.1 Å². The van der Waals surface area contributed by atoms with Gasteiger partial charge in [0.25, 0.3) is 5.56 Å². The number of nitrogens with zero attached hydrogens (tertiary/aromatic N) is 1. The fraction of sp³-hybridized carbons (Fsp3) is 0.545. The van der Waals surface area contributed by atoms with Gasteiger partial charge in [0.1, 0.15) is 5.69 Å². The van der Waals surface area contributed by atoms with E-state index in [1.54, 1.807) is 4.57 Å². The van der Waals surface area contributed by atoms with E-state index in [1.165, 1.54) is 0 Å². The zero-order valence-corrected chi connectivity index (χ0v) is 11.4. The lowest BCUT2D eigenvalue weighted by Gasteiger charge is -2.27. The molecular weight excluding hydrogens is 256 g/mol. The zero-order valence-electron chi connectivity index (χ0n) is 9.81. The first-order valence-electron chi connectivity index (χ1n) is 4.85. The second-order valence-corrected chi connectivity index (χ2v) is 5.54. The number of hydrogen-bond donors (Lipinski definition) is 1. The van der Waals surface area contributed by atoms with Crippen molar-refractivity contribution >= 4 is 21.6 Å². The molecule has 0 spiro atoms. The van der Waals surface area contributed by atoms with E-state index >= 15 is 0 Å². The Labute approximate surface area is 98.4 Å². The minimum Gasteiger partial charge on any atom is -0.394 e. The van der Waals surface area contributed by atoms with E-state index < -0.39 is 0 Å². The summed E-state index contributed by atoms with van der Waals surface area (Å²) in [7, 11) is 0. The fourth-order valence-electron chi connectivity index (χ4n) is 1.73. The molecule has 84 valence electrons. The molecule has 0 atom stereocenters. The first-order chi connectivity index (χ1) is 6.68. The van der Waals surface area contributed by atoms with Crippen molar-refractivity contribution in [2.45, 2.75) is 40.2 Å². The largest absolute Gasteiger partial charge is 0.394 e. The van der Waals surface area contributed by atoms with Crippen LogP contribution in [-0.2, 0) is 5.54 Å². The minimum absolute atomic E-state index is 0.110. The van der Waals surface area contributed by atoms with E-state index in [-0.39, 0.29) is 11.1 Å². The summed E-state index contributed by atoms with van der Waals surface area (Å²) in [6.07, 6.45) is 0. The van der Waals surface area contributed by atoms with E-state index in [1.807, 2.05) is 34.6 Å². The second kappa shape index (κ2) is 3.67. The molecule has 4 heteroatoms. The third-order valence-corrected chi connectivity index (χ3v) is 3.66. The smallest absolute Gasteiger partial charge is 0.274 e. The standard InChI is InChI=1S/C11H17BrN2O/c1-6-8(12)7(2)14(11(3,4)5)10(15)9(6)13/h13H2,1-5H3. The maximum Gasteiger partial charge on any atom is 0.274 e. The number of aromatic nitrogens is 1. The Balaban J connectivity index is 3.77. The number of anilines is 1. The Bertz CT molecular complexity index is 455. The summed E-state index contributed by atoms with van der Waals surface area (Å²) >= 11 is 3.47. The molecule has 0 saturated carbocycles. The number of nitrogen functional groups attached to an aromatic ring is 1. The predicted molar refractivity (Wildman–Crippen MR) is 67.3 cm³/mol. The summed E-state index contributed by atoms with van der Waals surface area (Å²) in [5.74, 6) is 0. The Morgan fingerprint density at radius 2 is 1.73 bits per heavy atom. The topological polar surface area (TPSA) is 48.0 Å². The lowest BCUT2D eigenvalue weighted by atomic mass is 10.1. The van der Waals surface area contributed by atoms with E-state index in [0.29, 0.717) is 5.69 Å². The Morgan fingerprint density at radius 1 is 1.27 bits per heavy atom. The van der Waals surface area contributed by atoms with E-state index in [2.05, 4.69) is 15.9 Å². The SMILES string of the molecule is Cc1c(Br)c(C)n(C(C)(C)C)c(=O)c1N. The molecule has 0 aliphatic heterocycles. The summed E-state index contributed by atoms with van der Waals surface area (Å²) in [5, 5.41) is 0. The predicted octanol–water partition coefficient (Wildman–Crippen LogP) is 2.56. The van der Waals surface area contributed by atoms with Crippen molar-refractivity contribution in [3.63, 3.8) is 0 Å². The quantitative estimate of drug-likeness (QED) is 0.789. The molecule has 0 unspecified atom stereocenters. The zero-order chi connectivity index (χ0) is 12.0. The van der Waals surface area contributed by atoms with Crippen LogP contribution in [0.15, 0.2) is 9.27 Å². The first kappa shape index (κ1) is 12.3. The molecule has 0 amide bonds. The molecule has 1 aromatic heterocycles. The van der Waals surface area contributed by atoms with E-state index in [4.69, 9.17) is 5.73 Å². The average Bonchev–Trinajstić information content (AvgIpc) is 2.09. The van der Waals surface area contributed by atoms with Gasteiger partial charge in [-0.2, -0.15) is 0 Å². The average molecular weight is 273 g/mol. The third-order valence-electron chi connectivity index (χ3n) is 2.49. The number of rotatable bonds is 0. The van der Waals surface area contributed by atoms with Crippen molar-refractivity contribution in [2.75, 3.05) is 5.73 Å². The maximum absolute atomic E-state index is 12.0. The second-order valence-electron chi connectivity index (χ2n) is 4.75. The first-order valence-corrected chi connectivity index (χ1v) is 5.65.